The van der Waals surface area contributed by atoms with Crippen molar-refractivity contribution in [3.05, 3.63) is 30.1 Å². The highest BCUT2D eigenvalue weighted by Crippen LogP contribution is 2.07. The predicted octanol–water partition coefficient (Wildman–Crippen LogP) is 2.66. The molecule has 0 aliphatic heterocycles. The van der Waals surface area contributed by atoms with Crippen LogP contribution in [0.4, 0.5) is 0 Å². The van der Waals surface area contributed by atoms with Gasteiger partial charge < -0.3 is 10.1 Å². The maximum absolute atomic E-state index is 5.96. The zero-order valence-electron chi connectivity index (χ0n) is 12.0. The first kappa shape index (κ1) is 15.1. The van der Waals surface area contributed by atoms with Gasteiger partial charge in [-0.05, 0) is 18.1 Å². The summed E-state index contributed by atoms with van der Waals surface area (Å²) in [5.41, 5.74) is 1.09. The van der Waals surface area contributed by atoms with Crippen molar-refractivity contribution in [2.45, 2.75) is 46.3 Å². The molecule has 0 spiro atoms. The first-order valence-corrected chi connectivity index (χ1v) is 6.84. The number of hydrogen-bond donors (Lipinski definition) is 1. The Morgan fingerprint density at radius 1 is 1.22 bits per heavy atom. The third-order valence-corrected chi connectivity index (χ3v) is 2.89. The molecule has 3 nitrogen and oxygen atoms in total. The van der Waals surface area contributed by atoms with Crippen molar-refractivity contribution < 1.29 is 4.74 Å². The van der Waals surface area contributed by atoms with Crippen LogP contribution in [0.15, 0.2) is 24.4 Å². The van der Waals surface area contributed by atoms with E-state index in [4.69, 9.17) is 4.74 Å². The summed E-state index contributed by atoms with van der Waals surface area (Å²) in [4.78, 5) is 4.30. The van der Waals surface area contributed by atoms with Crippen molar-refractivity contribution in [1.82, 2.24) is 10.3 Å². The lowest BCUT2D eigenvalue weighted by atomic mass is 10.1. The lowest BCUT2D eigenvalue weighted by Crippen LogP contribution is -2.37. The highest BCUT2D eigenvalue weighted by atomic mass is 16.5. The molecule has 1 heterocycles. The van der Waals surface area contributed by atoms with Crippen LogP contribution in [0, 0.1) is 5.92 Å². The number of ether oxygens (including phenoxy) is 1. The molecular formula is C15H26N2O. The fourth-order valence-electron chi connectivity index (χ4n) is 1.70. The van der Waals surface area contributed by atoms with E-state index in [2.05, 4.69) is 38.0 Å². The summed E-state index contributed by atoms with van der Waals surface area (Å²) in [6, 6.07) is 6.50. The van der Waals surface area contributed by atoms with Crippen LogP contribution in [0.1, 0.15) is 33.4 Å². The predicted molar refractivity (Wildman–Crippen MR) is 75.7 cm³/mol. The Labute approximate surface area is 111 Å². The first-order chi connectivity index (χ1) is 8.59. The normalized spacial score (nSPS) is 13.2. The highest BCUT2D eigenvalue weighted by molar-refractivity contribution is 5.03. The van der Waals surface area contributed by atoms with Gasteiger partial charge in [0.15, 0.2) is 0 Å². The average Bonchev–Trinajstić information content (AvgIpc) is 2.34. The van der Waals surface area contributed by atoms with Gasteiger partial charge in [-0.2, -0.15) is 0 Å². The second-order valence-electron chi connectivity index (χ2n) is 5.29. The Morgan fingerprint density at radius 3 is 2.56 bits per heavy atom. The number of hydrogen-bond acceptors (Lipinski definition) is 3. The van der Waals surface area contributed by atoms with Crippen LogP contribution in [0.2, 0.25) is 0 Å². The standard InChI is InChI=1S/C15H26N2O/c1-12(2)15(11-17-13(3)4)18-10-8-14-7-5-6-9-16-14/h5-7,9,12-13,15,17H,8,10-11H2,1-4H3. The van der Waals surface area contributed by atoms with Crippen LogP contribution in [0.3, 0.4) is 0 Å². The van der Waals surface area contributed by atoms with Crippen LogP contribution in [-0.4, -0.2) is 30.3 Å². The molecule has 0 aliphatic rings. The molecule has 1 aromatic rings. The second-order valence-corrected chi connectivity index (χ2v) is 5.29. The van der Waals surface area contributed by atoms with Gasteiger partial charge in [0.1, 0.15) is 0 Å². The second kappa shape index (κ2) is 8.22. The van der Waals surface area contributed by atoms with E-state index in [1.54, 1.807) is 0 Å². The van der Waals surface area contributed by atoms with Gasteiger partial charge in [0.25, 0.3) is 0 Å². The van der Waals surface area contributed by atoms with E-state index in [9.17, 15) is 0 Å². The molecule has 0 bridgehead atoms. The average molecular weight is 250 g/mol. The fraction of sp³-hybridized carbons (Fsp3) is 0.667. The van der Waals surface area contributed by atoms with Gasteiger partial charge in [0.05, 0.1) is 12.7 Å². The summed E-state index contributed by atoms with van der Waals surface area (Å²) in [7, 11) is 0. The Bertz CT molecular complexity index is 312. The summed E-state index contributed by atoms with van der Waals surface area (Å²) in [5, 5.41) is 3.43. The van der Waals surface area contributed by atoms with Gasteiger partial charge in [-0.25, -0.2) is 0 Å². The van der Waals surface area contributed by atoms with Crippen molar-refractivity contribution in [1.29, 1.82) is 0 Å². The molecule has 0 amide bonds. The van der Waals surface area contributed by atoms with Crippen LogP contribution in [0.25, 0.3) is 0 Å². The molecule has 0 aliphatic carbocycles. The van der Waals surface area contributed by atoms with Gasteiger partial charge in [-0.3, -0.25) is 4.98 Å². The molecule has 1 unspecified atom stereocenters. The zero-order chi connectivity index (χ0) is 13.4. The summed E-state index contributed by atoms with van der Waals surface area (Å²) in [6.45, 7) is 10.4. The zero-order valence-corrected chi connectivity index (χ0v) is 12.0. The molecule has 1 aromatic heterocycles. The third-order valence-electron chi connectivity index (χ3n) is 2.89. The molecule has 18 heavy (non-hydrogen) atoms. The SMILES string of the molecule is CC(C)NCC(OCCc1ccccn1)C(C)C. The fourth-order valence-corrected chi connectivity index (χ4v) is 1.70. The molecule has 1 N–H and O–H groups in total. The van der Waals surface area contributed by atoms with Crippen LogP contribution >= 0.6 is 0 Å². The van der Waals surface area contributed by atoms with Crippen LogP contribution < -0.4 is 5.32 Å². The molecule has 0 saturated carbocycles. The molecule has 0 fully saturated rings. The minimum Gasteiger partial charge on any atom is -0.376 e. The summed E-state index contributed by atoms with van der Waals surface area (Å²) >= 11 is 0. The van der Waals surface area contributed by atoms with Gasteiger partial charge in [0.2, 0.25) is 0 Å². The van der Waals surface area contributed by atoms with Gasteiger partial charge >= 0.3 is 0 Å². The van der Waals surface area contributed by atoms with E-state index in [0.29, 0.717) is 12.0 Å². The van der Waals surface area contributed by atoms with E-state index >= 15 is 0 Å². The Balaban J connectivity index is 2.29. The van der Waals surface area contributed by atoms with Crippen molar-refractivity contribution >= 4 is 0 Å². The number of pyridine rings is 1. The van der Waals surface area contributed by atoms with E-state index in [1.807, 2.05) is 24.4 Å². The van der Waals surface area contributed by atoms with Gasteiger partial charge in [-0.15, -0.1) is 0 Å². The minimum absolute atomic E-state index is 0.274. The molecule has 0 saturated heterocycles. The third kappa shape index (κ3) is 6.12. The van der Waals surface area contributed by atoms with Gasteiger partial charge in [-0.1, -0.05) is 33.8 Å². The van der Waals surface area contributed by atoms with Crippen molar-refractivity contribution in [2.75, 3.05) is 13.2 Å². The maximum atomic E-state index is 5.96. The number of rotatable bonds is 8. The van der Waals surface area contributed by atoms with E-state index in [-0.39, 0.29) is 6.10 Å². The van der Waals surface area contributed by atoms with E-state index in [0.717, 1.165) is 25.3 Å². The highest BCUT2D eigenvalue weighted by Gasteiger charge is 2.13. The molecular weight excluding hydrogens is 224 g/mol. The topological polar surface area (TPSA) is 34.1 Å². The van der Waals surface area contributed by atoms with Crippen LogP contribution in [0.5, 0.6) is 0 Å². The van der Waals surface area contributed by atoms with E-state index < -0.39 is 0 Å². The van der Waals surface area contributed by atoms with Crippen LogP contribution in [-0.2, 0) is 11.2 Å². The lowest BCUT2D eigenvalue weighted by Gasteiger charge is -2.23. The number of nitrogens with zero attached hydrogens (tertiary/aromatic N) is 1. The van der Waals surface area contributed by atoms with Crippen molar-refractivity contribution in [2.24, 2.45) is 5.92 Å². The molecule has 1 rings (SSSR count). The largest absolute Gasteiger partial charge is 0.376 e. The Kier molecular flexibility index (Phi) is 6.91. The molecule has 1 atom stereocenters. The Hall–Kier alpha value is -0.930. The van der Waals surface area contributed by atoms with Gasteiger partial charge in [0, 0.05) is 30.9 Å². The minimum atomic E-state index is 0.274. The molecule has 102 valence electrons. The number of nitrogens with one attached hydrogen (secondary N) is 1. The van der Waals surface area contributed by atoms with E-state index in [1.165, 1.54) is 0 Å². The monoisotopic (exact) mass is 250 g/mol. The summed E-state index contributed by atoms with van der Waals surface area (Å²) in [6.07, 6.45) is 2.98. The quantitative estimate of drug-likeness (QED) is 0.770. The summed E-state index contributed by atoms with van der Waals surface area (Å²) in [5.74, 6) is 0.528. The Morgan fingerprint density at radius 2 is 2.00 bits per heavy atom. The summed E-state index contributed by atoms with van der Waals surface area (Å²) < 4.78 is 5.96. The number of aromatic nitrogens is 1. The molecule has 0 aromatic carbocycles. The molecule has 3 heteroatoms. The molecule has 0 radical (unpaired) electrons. The maximum Gasteiger partial charge on any atom is 0.0722 e. The lowest BCUT2D eigenvalue weighted by molar-refractivity contribution is 0.0233. The van der Waals surface area contributed by atoms with Crippen molar-refractivity contribution in [3.63, 3.8) is 0 Å². The first-order valence-electron chi connectivity index (χ1n) is 6.84. The smallest absolute Gasteiger partial charge is 0.0722 e. The van der Waals surface area contributed by atoms with Crippen molar-refractivity contribution in [3.8, 4) is 0 Å².